The maximum atomic E-state index is 11.9. The first-order valence-electron chi connectivity index (χ1n) is 5.20. The maximum Gasteiger partial charge on any atom is 0.277 e. The monoisotopic (exact) mass is 243 g/mol. The van der Waals surface area contributed by atoms with E-state index in [4.69, 9.17) is 0 Å². The van der Waals surface area contributed by atoms with Crippen LogP contribution in [0.2, 0.25) is 0 Å². The summed E-state index contributed by atoms with van der Waals surface area (Å²) < 4.78 is 1.67. The van der Waals surface area contributed by atoms with Crippen molar-refractivity contribution < 1.29 is 4.79 Å². The van der Waals surface area contributed by atoms with Gasteiger partial charge in [-0.05, 0) is 6.07 Å². The molecule has 0 radical (unpaired) electrons. The molecule has 0 aliphatic rings. The molecule has 0 atom stereocenters. The van der Waals surface area contributed by atoms with Crippen LogP contribution in [0.3, 0.4) is 0 Å². The van der Waals surface area contributed by atoms with Crippen molar-refractivity contribution in [3.05, 3.63) is 36.5 Å². The lowest BCUT2D eigenvalue weighted by atomic mass is 10.4. The standard InChI is InChI=1S/C10H9N7O/c1-16-12-5-8(15-16)14-9(18)7-6-17-4-2-3-11-10(17)13-7/h2-6H,1H3,(H,14,15,18). The Morgan fingerprint density at radius 1 is 1.44 bits per heavy atom. The van der Waals surface area contributed by atoms with E-state index in [1.807, 2.05) is 0 Å². The van der Waals surface area contributed by atoms with E-state index in [-0.39, 0.29) is 11.6 Å². The molecule has 3 aromatic heterocycles. The van der Waals surface area contributed by atoms with Crippen molar-refractivity contribution in [3.8, 4) is 0 Å². The number of aromatic nitrogens is 6. The molecule has 0 aliphatic heterocycles. The van der Waals surface area contributed by atoms with Crippen molar-refractivity contribution >= 4 is 17.5 Å². The summed E-state index contributed by atoms with van der Waals surface area (Å²) in [6, 6.07) is 1.76. The molecule has 0 bridgehead atoms. The van der Waals surface area contributed by atoms with Gasteiger partial charge < -0.3 is 5.32 Å². The molecular weight excluding hydrogens is 234 g/mol. The number of nitrogens with zero attached hydrogens (tertiary/aromatic N) is 6. The number of anilines is 1. The molecular formula is C10H9N7O. The Morgan fingerprint density at radius 3 is 3.06 bits per heavy atom. The van der Waals surface area contributed by atoms with Crippen molar-refractivity contribution in [2.24, 2.45) is 7.05 Å². The van der Waals surface area contributed by atoms with E-state index in [2.05, 4.69) is 25.5 Å². The number of hydrogen-bond acceptors (Lipinski definition) is 5. The van der Waals surface area contributed by atoms with Gasteiger partial charge in [-0.2, -0.15) is 9.90 Å². The van der Waals surface area contributed by atoms with Crippen LogP contribution < -0.4 is 5.32 Å². The third-order valence-corrected chi connectivity index (χ3v) is 2.31. The van der Waals surface area contributed by atoms with Gasteiger partial charge in [-0.25, -0.2) is 9.97 Å². The first-order chi connectivity index (χ1) is 8.72. The van der Waals surface area contributed by atoms with Crippen molar-refractivity contribution in [2.75, 3.05) is 5.32 Å². The molecule has 8 nitrogen and oxygen atoms in total. The summed E-state index contributed by atoms with van der Waals surface area (Å²) in [7, 11) is 1.67. The second kappa shape index (κ2) is 3.91. The molecule has 1 N–H and O–H groups in total. The van der Waals surface area contributed by atoms with Crippen LogP contribution in [-0.4, -0.2) is 35.3 Å². The predicted molar refractivity (Wildman–Crippen MR) is 61.9 cm³/mol. The van der Waals surface area contributed by atoms with E-state index in [1.165, 1.54) is 11.0 Å². The van der Waals surface area contributed by atoms with Crippen molar-refractivity contribution in [1.82, 2.24) is 29.4 Å². The lowest BCUT2D eigenvalue weighted by Gasteiger charge is -1.95. The molecule has 0 saturated heterocycles. The van der Waals surface area contributed by atoms with Crippen molar-refractivity contribution in [3.63, 3.8) is 0 Å². The van der Waals surface area contributed by atoms with Gasteiger partial charge in [0.1, 0.15) is 5.69 Å². The van der Waals surface area contributed by atoms with Crippen LogP contribution >= 0.6 is 0 Å². The molecule has 0 spiro atoms. The van der Waals surface area contributed by atoms with Gasteiger partial charge in [-0.3, -0.25) is 9.20 Å². The second-order valence-corrected chi connectivity index (χ2v) is 3.63. The van der Waals surface area contributed by atoms with E-state index in [0.717, 1.165) is 0 Å². The van der Waals surface area contributed by atoms with Crippen molar-refractivity contribution in [1.29, 1.82) is 0 Å². The number of imidazole rings is 1. The summed E-state index contributed by atoms with van der Waals surface area (Å²) in [6.07, 6.45) is 6.46. The number of nitrogens with one attached hydrogen (secondary N) is 1. The molecule has 3 rings (SSSR count). The Balaban J connectivity index is 1.87. The second-order valence-electron chi connectivity index (χ2n) is 3.63. The van der Waals surface area contributed by atoms with Gasteiger partial charge in [-0.1, -0.05) is 0 Å². The number of amides is 1. The minimum Gasteiger partial charge on any atom is -0.302 e. The Hall–Kier alpha value is -2.77. The van der Waals surface area contributed by atoms with Gasteiger partial charge in [0.2, 0.25) is 5.78 Å². The lowest BCUT2D eigenvalue weighted by Crippen LogP contribution is -2.12. The van der Waals surface area contributed by atoms with E-state index < -0.39 is 0 Å². The first kappa shape index (κ1) is 10.4. The molecule has 0 saturated carbocycles. The summed E-state index contributed by atoms with van der Waals surface area (Å²) in [5.74, 6) is 0.510. The van der Waals surface area contributed by atoms with E-state index in [0.29, 0.717) is 11.6 Å². The van der Waals surface area contributed by atoms with Crippen LogP contribution in [-0.2, 0) is 7.05 Å². The lowest BCUT2D eigenvalue weighted by molar-refractivity contribution is 0.102. The predicted octanol–water partition coefficient (Wildman–Crippen LogP) is 0.110. The Bertz CT molecular complexity index is 681. The van der Waals surface area contributed by atoms with Crippen LogP contribution in [0.15, 0.2) is 30.9 Å². The number of rotatable bonds is 2. The highest BCUT2D eigenvalue weighted by atomic mass is 16.2. The van der Waals surface area contributed by atoms with E-state index >= 15 is 0 Å². The van der Waals surface area contributed by atoms with Crippen molar-refractivity contribution in [2.45, 2.75) is 0 Å². The Morgan fingerprint density at radius 2 is 2.33 bits per heavy atom. The SMILES string of the molecule is Cn1ncc(NC(=O)c2cn3cccnc3n2)n1. The Labute approximate surface area is 101 Å². The molecule has 18 heavy (non-hydrogen) atoms. The van der Waals surface area contributed by atoms with Crippen LogP contribution in [0.1, 0.15) is 10.5 Å². The highest BCUT2D eigenvalue weighted by Crippen LogP contribution is 2.05. The highest BCUT2D eigenvalue weighted by Gasteiger charge is 2.12. The molecule has 0 fully saturated rings. The molecule has 0 unspecified atom stereocenters. The normalized spacial score (nSPS) is 10.7. The highest BCUT2D eigenvalue weighted by molar-refractivity contribution is 6.02. The zero-order valence-electron chi connectivity index (χ0n) is 9.48. The van der Waals surface area contributed by atoms with Crippen LogP contribution in [0.25, 0.3) is 5.78 Å². The van der Waals surface area contributed by atoms with Gasteiger partial charge in [0.25, 0.3) is 5.91 Å². The Kier molecular flexibility index (Phi) is 2.26. The molecule has 3 aromatic rings. The average Bonchev–Trinajstić information content (AvgIpc) is 2.95. The van der Waals surface area contributed by atoms with Crippen LogP contribution in [0.4, 0.5) is 5.82 Å². The summed E-state index contributed by atoms with van der Waals surface area (Å²) in [4.78, 5) is 21.4. The third kappa shape index (κ3) is 1.79. The summed E-state index contributed by atoms with van der Waals surface area (Å²) >= 11 is 0. The number of fused-ring (bicyclic) bond motifs is 1. The quantitative estimate of drug-likeness (QED) is 0.690. The maximum absolute atomic E-state index is 11.9. The fourth-order valence-electron chi connectivity index (χ4n) is 1.52. The van der Waals surface area contributed by atoms with Crippen LogP contribution in [0, 0.1) is 0 Å². The first-order valence-corrected chi connectivity index (χ1v) is 5.20. The minimum atomic E-state index is -0.346. The van der Waals surface area contributed by atoms with Gasteiger partial charge >= 0.3 is 0 Å². The van der Waals surface area contributed by atoms with Gasteiger partial charge in [-0.15, -0.1) is 5.10 Å². The zero-order valence-corrected chi connectivity index (χ0v) is 9.48. The largest absolute Gasteiger partial charge is 0.302 e. The van der Waals surface area contributed by atoms with Crippen LogP contribution in [0.5, 0.6) is 0 Å². The van der Waals surface area contributed by atoms with Gasteiger partial charge in [0.15, 0.2) is 5.82 Å². The van der Waals surface area contributed by atoms with Gasteiger partial charge in [0.05, 0.1) is 6.20 Å². The molecule has 8 heteroatoms. The summed E-state index contributed by atoms with van der Waals surface area (Å²) in [6.45, 7) is 0. The van der Waals surface area contributed by atoms with E-state index in [1.54, 1.807) is 36.1 Å². The molecule has 0 aliphatic carbocycles. The molecule has 3 heterocycles. The molecule has 1 amide bonds. The summed E-state index contributed by atoms with van der Waals surface area (Å²) in [5.41, 5.74) is 0.277. The molecule has 90 valence electrons. The summed E-state index contributed by atoms with van der Waals surface area (Å²) in [5, 5.41) is 10.4. The molecule has 0 aromatic carbocycles. The smallest absolute Gasteiger partial charge is 0.277 e. The zero-order chi connectivity index (χ0) is 12.5. The van der Waals surface area contributed by atoms with E-state index in [9.17, 15) is 4.79 Å². The number of aryl methyl sites for hydroxylation is 1. The number of hydrogen-bond donors (Lipinski definition) is 1. The fourth-order valence-corrected chi connectivity index (χ4v) is 1.52. The number of carbonyl (C=O) groups is 1. The topological polar surface area (TPSA) is 90.0 Å². The van der Waals surface area contributed by atoms with Gasteiger partial charge in [0, 0.05) is 25.6 Å². The number of carbonyl (C=O) groups excluding carboxylic acids is 1. The average molecular weight is 243 g/mol. The minimum absolute atomic E-state index is 0.277. The fraction of sp³-hybridized carbons (Fsp3) is 0.100. The third-order valence-electron chi connectivity index (χ3n) is 2.31.